The van der Waals surface area contributed by atoms with Gasteiger partial charge in [-0.3, -0.25) is 4.79 Å². The summed E-state index contributed by atoms with van der Waals surface area (Å²) >= 11 is 6.06. The third kappa shape index (κ3) is 3.35. The Kier molecular flexibility index (Phi) is 4.21. The lowest BCUT2D eigenvalue weighted by atomic mass is 10.1. The normalized spacial score (nSPS) is 10.4. The molecule has 0 fully saturated rings. The number of nitrogens with one attached hydrogen (secondary N) is 2. The van der Waals surface area contributed by atoms with Crippen molar-refractivity contribution in [1.29, 1.82) is 0 Å². The molecule has 0 aliphatic carbocycles. The number of H-pyrrole nitrogens is 1. The fourth-order valence-corrected chi connectivity index (χ4v) is 2.37. The van der Waals surface area contributed by atoms with E-state index >= 15 is 0 Å². The minimum Gasteiger partial charge on any atom is -0.345 e. The van der Waals surface area contributed by atoms with Crippen molar-refractivity contribution >= 4 is 23.2 Å². The number of hydrogen-bond acceptors (Lipinski definition) is 2. The average molecular weight is 312 g/mol. The van der Waals surface area contributed by atoms with Crippen molar-refractivity contribution in [3.8, 4) is 11.3 Å². The first-order chi connectivity index (χ1) is 10.7. The van der Waals surface area contributed by atoms with Crippen LogP contribution in [0, 0.1) is 0 Å². The van der Waals surface area contributed by atoms with Gasteiger partial charge >= 0.3 is 0 Å². The molecule has 0 aliphatic rings. The fourth-order valence-electron chi connectivity index (χ4n) is 2.17. The Morgan fingerprint density at radius 2 is 1.91 bits per heavy atom. The molecule has 1 amide bonds. The summed E-state index contributed by atoms with van der Waals surface area (Å²) in [5, 5.41) is 3.47. The summed E-state index contributed by atoms with van der Waals surface area (Å²) in [7, 11) is 0. The zero-order valence-corrected chi connectivity index (χ0v) is 12.5. The van der Waals surface area contributed by atoms with Gasteiger partial charge in [-0.25, -0.2) is 4.98 Å². The number of carbonyl (C=O) groups is 1. The Bertz CT molecular complexity index is 767. The van der Waals surface area contributed by atoms with Crippen molar-refractivity contribution < 1.29 is 4.79 Å². The molecule has 1 aromatic heterocycles. The number of benzene rings is 2. The largest absolute Gasteiger partial charge is 0.345 e. The van der Waals surface area contributed by atoms with Gasteiger partial charge in [-0.05, 0) is 29.3 Å². The third-order valence-corrected chi connectivity index (χ3v) is 3.66. The second-order valence-corrected chi connectivity index (χ2v) is 5.27. The molecule has 3 rings (SSSR count). The quantitative estimate of drug-likeness (QED) is 0.767. The Hall–Kier alpha value is -2.59. The monoisotopic (exact) mass is 311 g/mol. The Morgan fingerprint density at radius 3 is 2.59 bits per heavy atom. The van der Waals surface area contributed by atoms with Crippen molar-refractivity contribution in [2.75, 3.05) is 5.32 Å². The van der Waals surface area contributed by atoms with Gasteiger partial charge in [0.1, 0.15) is 0 Å². The van der Waals surface area contributed by atoms with E-state index in [9.17, 15) is 4.79 Å². The molecule has 5 heteroatoms. The fraction of sp³-hybridized carbons (Fsp3) is 0.0588. The Morgan fingerprint density at radius 1 is 1.14 bits per heavy atom. The highest BCUT2D eigenvalue weighted by molar-refractivity contribution is 6.31. The molecule has 0 bridgehead atoms. The Labute approximate surface area is 133 Å². The van der Waals surface area contributed by atoms with Crippen LogP contribution in [0.1, 0.15) is 5.56 Å². The Balaban J connectivity index is 1.66. The summed E-state index contributed by atoms with van der Waals surface area (Å²) in [5.74, 6) is -0.0950. The van der Waals surface area contributed by atoms with Gasteiger partial charge in [0.05, 0.1) is 24.6 Å². The molecular weight excluding hydrogens is 298 g/mol. The van der Waals surface area contributed by atoms with Gasteiger partial charge in [0.25, 0.3) is 0 Å². The minimum atomic E-state index is -0.0950. The van der Waals surface area contributed by atoms with Crippen LogP contribution in [-0.4, -0.2) is 15.9 Å². The molecule has 1 heterocycles. The van der Waals surface area contributed by atoms with Crippen molar-refractivity contribution in [3.05, 3.63) is 71.6 Å². The second kappa shape index (κ2) is 6.45. The first-order valence-electron chi connectivity index (χ1n) is 6.84. The molecule has 4 nitrogen and oxygen atoms in total. The molecule has 0 radical (unpaired) electrons. The average Bonchev–Trinajstić information content (AvgIpc) is 3.05. The predicted octanol–water partition coefficient (Wildman–Crippen LogP) is 3.91. The van der Waals surface area contributed by atoms with Crippen LogP contribution in [0.25, 0.3) is 11.3 Å². The maximum Gasteiger partial charge on any atom is 0.228 e. The highest BCUT2D eigenvalue weighted by atomic mass is 35.5. The van der Waals surface area contributed by atoms with E-state index < -0.39 is 0 Å². The molecule has 110 valence electrons. The predicted molar refractivity (Wildman–Crippen MR) is 87.8 cm³/mol. The molecule has 0 aliphatic heterocycles. The maximum absolute atomic E-state index is 12.1. The van der Waals surface area contributed by atoms with Crippen LogP contribution < -0.4 is 5.32 Å². The van der Waals surface area contributed by atoms with E-state index in [1.165, 1.54) is 0 Å². The van der Waals surface area contributed by atoms with Crippen molar-refractivity contribution in [2.24, 2.45) is 0 Å². The van der Waals surface area contributed by atoms with Gasteiger partial charge in [0, 0.05) is 10.7 Å². The molecule has 2 aromatic carbocycles. The lowest BCUT2D eigenvalue weighted by Crippen LogP contribution is -2.14. The van der Waals surface area contributed by atoms with Crippen molar-refractivity contribution in [3.63, 3.8) is 0 Å². The van der Waals surface area contributed by atoms with E-state index in [1.807, 2.05) is 42.5 Å². The number of nitrogens with zero attached hydrogens (tertiary/aromatic N) is 1. The number of anilines is 1. The number of amides is 1. The van der Waals surface area contributed by atoms with E-state index in [1.54, 1.807) is 18.6 Å². The van der Waals surface area contributed by atoms with E-state index in [-0.39, 0.29) is 12.3 Å². The minimum absolute atomic E-state index is 0.0950. The van der Waals surface area contributed by atoms with Crippen LogP contribution in [0.4, 0.5) is 5.69 Å². The highest BCUT2D eigenvalue weighted by Gasteiger charge is 2.07. The number of halogens is 1. The van der Waals surface area contributed by atoms with Crippen molar-refractivity contribution in [1.82, 2.24) is 9.97 Å². The van der Waals surface area contributed by atoms with E-state index in [0.717, 1.165) is 22.5 Å². The van der Waals surface area contributed by atoms with Crippen LogP contribution in [-0.2, 0) is 11.2 Å². The van der Waals surface area contributed by atoms with Crippen LogP contribution >= 0.6 is 11.6 Å². The van der Waals surface area contributed by atoms with Crippen LogP contribution in [0.5, 0.6) is 0 Å². The molecule has 3 aromatic rings. The number of rotatable bonds is 4. The van der Waals surface area contributed by atoms with Gasteiger partial charge in [-0.1, -0.05) is 41.9 Å². The molecule has 0 spiro atoms. The molecule has 2 N–H and O–H groups in total. The summed E-state index contributed by atoms with van der Waals surface area (Å²) in [4.78, 5) is 19.1. The smallest absolute Gasteiger partial charge is 0.228 e. The molecule has 0 saturated heterocycles. The molecule has 0 unspecified atom stereocenters. The summed E-state index contributed by atoms with van der Waals surface area (Å²) < 4.78 is 0. The maximum atomic E-state index is 12.1. The lowest BCUT2D eigenvalue weighted by Gasteiger charge is -2.07. The number of hydrogen-bond donors (Lipinski definition) is 2. The van der Waals surface area contributed by atoms with Crippen molar-refractivity contribution in [2.45, 2.75) is 6.42 Å². The number of imidazole rings is 1. The first kappa shape index (κ1) is 14.4. The molecular formula is C17H14ClN3O. The van der Waals surface area contributed by atoms with Gasteiger partial charge in [0.15, 0.2) is 0 Å². The second-order valence-electron chi connectivity index (χ2n) is 4.86. The number of aromatic nitrogens is 2. The van der Waals surface area contributed by atoms with Crippen LogP contribution in [0.2, 0.25) is 5.02 Å². The van der Waals surface area contributed by atoms with Gasteiger partial charge < -0.3 is 10.3 Å². The van der Waals surface area contributed by atoms with Gasteiger partial charge in [-0.15, -0.1) is 0 Å². The van der Waals surface area contributed by atoms with Gasteiger partial charge in [-0.2, -0.15) is 0 Å². The SMILES string of the molecule is O=C(Cc1ccccc1Cl)Nc1ccc(-c2cnc[nH]2)cc1. The number of aromatic amines is 1. The summed E-state index contributed by atoms with van der Waals surface area (Å²) in [6, 6.07) is 14.9. The standard InChI is InChI=1S/C17H14ClN3O/c18-15-4-2-1-3-13(15)9-17(22)21-14-7-5-12(6-8-14)16-10-19-11-20-16/h1-8,10-11H,9H2,(H,19,20)(H,21,22). The summed E-state index contributed by atoms with van der Waals surface area (Å²) in [5.41, 5.74) is 3.52. The van der Waals surface area contributed by atoms with E-state index in [2.05, 4.69) is 15.3 Å². The molecule has 0 saturated carbocycles. The lowest BCUT2D eigenvalue weighted by molar-refractivity contribution is -0.115. The first-order valence-corrected chi connectivity index (χ1v) is 7.22. The van der Waals surface area contributed by atoms with Crippen LogP contribution in [0.15, 0.2) is 61.1 Å². The molecule has 0 atom stereocenters. The highest BCUT2D eigenvalue weighted by Crippen LogP contribution is 2.20. The number of carbonyl (C=O) groups excluding carboxylic acids is 1. The zero-order chi connectivity index (χ0) is 15.4. The van der Waals surface area contributed by atoms with Crippen LogP contribution in [0.3, 0.4) is 0 Å². The topological polar surface area (TPSA) is 57.8 Å². The van der Waals surface area contributed by atoms with Gasteiger partial charge in [0.2, 0.25) is 5.91 Å². The summed E-state index contributed by atoms with van der Waals surface area (Å²) in [6.45, 7) is 0. The molecule has 22 heavy (non-hydrogen) atoms. The summed E-state index contributed by atoms with van der Waals surface area (Å²) in [6.07, 6.45) is 3.64. The van der Waals surface area contributed by atoms with E-state index in [0.29, 0.717) is 5.02 Å². The third-order valence-electron chi connectivity index (χ3n) is 3.29. The zero-order valence-electron chi connectivity index (χ0n) is 11.7. The van der Waals surface area contributed by atoms with E-state index in [4.69, 9.17) is 11.6 Å².